The third kappa shape index (κ3) is 5.58. The van der Waals surface area contributed by atoms with Gasteiger partial charge in [-0.05, 0) is 49.4 Å². The molecule has 0 fully saturated rings. The summed E-state index contributed by atoms with van der Waals surface area (Å²) in [5.41, 5.74) is 0.604. The highest BCUT2D eigenvalue weighted by Crippen LogP contribution is 2.16. The van der Waals surface area contributed by atoms with Gasteiger partial charge in [-0.15, -0.1) is 0 Å². The number of hydrogen-bond acceptors (Lipinski definition) is 1. The van der Waals surface area contributed by atoms with E-state index in [4.69, 9.17) is 0 Å². The quantitative estimate of drug-likeness (QED) is 0.731. The maximum Gasteiger partial charge on any atom is 0.129 e. The van der Waals surface area contributed by atoms with Crippen LogP contribution >= 0.6 is 0 Å². The molecule has 102 valence electrons. The molecule has 0 bridgehead atoms. The van der Waals surface area contributed by atoms with Crippen molar-refractivity contribution in [1.29, 1.82) is 0 Å². The van der Waals surface area contributed by atoms with Gasteiger partial charge in [-0.3, -0.25) is 0 Å². The summed E-state index contributed by atoms with van der Waals surface area (Å²) in [5, 5.41) is 3.37. The summed E-state index contributed by atoms with van der Waals surface area (Å²) < 4.78 is 26.2. The summed E-state index contributed by atoms with van der Waals surface area (Å²) in [4.78, 5) is 0. The van der Waals surface area contributed by atoms with Crippen molar-refractivity contribution >= 4 is 0 Å². The maximum atomic E-state index is 13.4. The van der Waals surface area contributed by atoms with Crippen molar-refractivity contribution in [3.63, 3.8) is 0 Å². The van der Waals surface area contributed by atoms with E-state index in [1.807, 2.05) is 0 Å². The highest BCUT2D eigenvalue weighted by atomic mass is 19.1. The molecule has 1 N–H and O–H groups in total. The monoisotopic (exact) mass is 255 g/mol. The van der Waals surface area contributed by atoms with Crippen LogP contribution in [0.4, 0.5) is 8.78 Å². The van der Waals surface area contributed by atoms with Gasteiger partial charge >= 0.3 is 0 Å². The van der Waals surface area contributed by atoms with Crippen LogP contribution in [0.25, 0.3) is 0 Å². The number of nitrogens with one attached hydrogen (secondary N) is 1. The van der Waals surface area contributed by atoms with Crippen LogP contribution in [0.1, 0.15) is 32.8 Å². The average molecular weight is 255 g/mol. The lowest BCUT2D eigenvalue weighted by Crippen LogP contribution is -2.22. The first-order valence-corrected chi connectivity index (χ1v) is 6.63. The molecule has 0 saturated heterocycles. The Morgan fingerprint density at radius 3 is 2.50 bits per heavy atom. The van der Waals surface area contributed by atoms with Crippen molar-refractivity contribution in [3.8, 4) is 0 Å². The lowest BCUT2D eigenvalue weighted by atomic mass is 9.97. The topological polar surface area (TPSA) is 12.0 Å². The highest BCUT2D eigenvalue weighted by Gasteiger charge is 2.08. The normalized spacial score (nSPS) is 13.0. The van der Waals surface area contributed by atoms with Gasteiger partial charge in [0.2, 0.25) is 0 Å². The van der Waals surface area contributed by atoms with Crippen LogP contribution in [-0.2, 0) is 6.42 Å². The minimum absolute atomic E-state index is 0.393. The second-order valence-corrected chi connectivity index (χ2v) is 5.43. The Labute approximate surface area is 109 Å². The second-order valence-electron chi connectivity index (χ2n) is 5.43. The summed E-state index contributed by atoms with van der Waals surface area (Å²) in [6.07, 6.45) is 1.67. The van der Waals surface area contributed by atoms with E-state index in [-0.39, 0.29) is 0 Å². The van der Waals surface area contributed by atoms with Gasteiger partial charge in [0.05, 0.1) is 0 Å². The van der Waals surface area contributed by atoms with Gasteiger partial charge in [0.25, 0.3) is 0 Å². The number of hydrogen-bond donors (Lipinski definition) is 1. The van der Waals surface area contributed by atoms with Crippen LogP contribution in [-0.4, -0.2) is 13.1 Å². The van der Waals surface area contributed by atoms with Crippen molar-refractivity contribution in [2.45, 2.75) is 33.6 Å². The minimum atomic E-state index is -0.512. The third-order valence-corrected chi connectivity index (χ3v) is 2.95. The first kappa shape index (κ1) is 15.1. The van der Waals surface area contributed by atoms with E-state index in [9.17, 15) is 8.78 Å². The van der Waals surface area contributed by atoms with E-state index in [0.29, 0.717) is 23.8 Å². The van der Waals surface area contributed by atoms with E-state index in [1.165, 1.54) is 6.07 Å². The standard InChI is InChI=1S/C15H23F2N/c1-11(2)10-18-7-6-12(3)8-13-4-5-14(16)9-15(13)17/h4-5,9,11-12,18H,6-8,10H2,1-3H3. The molecule has 0 aliphatic heterocycles. The molecule has 1 aromatic rings. The fourth-order valence-electron chi connectivity index (χ4n) is 1.90. The molecule has 1 atom stereocenters. The molecule has 0 spiro atoms. The number of rotatable bonds is 7. The lowest BCUT2D eigenvalue weighted by Gasteiger charge is -2.13. The van der Waals surface area contributed by atoms with Gasteiger partial charge in [0, 0.05) is 6.07 Å². The number of benzene rings is 1. The van der Waals surface area contributed by atoms with Crippen LogP contribution in [0.15, 0.2) is 18.2 Å². The zero-order chi connectivity index (χ0) is 13.5. The summed E-state index contributed by atoms with van der Waals surface area (Å²) in [7, 11) is 0. The van der Waals surface area contributed by atoms with E-state index >= 15 is 0 Å². The molecule has 1 rings (SSSR count). The molecule has 0 heterocycles. The van der Waals surface area contributed by atoms with Gasteiger partial charge in [-0.25, -0.2) is 8.78 Å². The molecule has 0 amide bonds. The summed E-state index contributed by atoms with van der Waals surface area (Å²) >= 11 is 0. The zero-order valence-electron chi connectivity index (χ0n) is 11.5. The van der Waals surface area contributed by atoms with E-state index in [1.54, 1.807) is 6.07 Å². The average Bonchev–Trinajstić information content (AvgIpc) is 2.28. The molecule has 1 aromatic carbocycles. The van der Waals surface area contributed by atoms with E-state index in [0.717, 1.165) is 25.6 Å². The Balaban J connectivity index is 2.33. The first-order chi connectivity index (χ1) is 8.49. The molecule has 0 radical (unpaired) electrons. The fourth-order valence-corrected chi connectivity index (χ4v) is 1.90. The van der Waals surface area contributed by atoms with E-state index < -0.39 is 11.6 Å². The van der Waals surface area contributed by atoms with Gasteiger partial charge < -0.3 is 5.32 Å². The van der Waals surface area contributed by atoms with Crippen molar-refractivity contribution in [2.24, 2.45) is 11.8 Å². The van der Waals surface area contributed by atoms with Crippen molar-refractivity contribution in [3.05, 3.63) is 35.4 Å². The first-order valence-electron chi connectivity index (χ1n) is 6.63. The molecular formula is C15H23F2N. The molecule has 18 heavy (non-hydrogen) atoms. The molecule has 0 aliphatic rings. The summed E-state index contributed by atoms with van der Waals surface area (Å²) in [5.74, 6) is 0.0963. The van der Waals surface area contributed by atoms with Gasteiger partial charge in [-0.1, -0.05) is 26.8 Å². The van der Waals surface area contributed by atoms with Crippen LogP contribution in [0.3, 0.4) is 0 Å². The van der Waals surface area contributed by atoms with Crippen molar-refractivity contribution < 1.29 is 8.78 Å². The van der Waals surface area contributed by atoms with Crippen LogP contribution in [0.5, 0.6) is 0 Å². The van der Waals surface area contributed by atoms with E-state index in [2.05, 4.69) is 26.1 Å². The Kier molecular flexibility index (Phi) is 6.27. The lowest BCUT2D eigenvalue weighted by molar-refractivity contribution is 0.465. The zero-order valence-corrected chi connectivity index (χ0v) is 11.5. The Morgan fingerprint density at radius 1 is 1.17 bits per heavy atom. The van der Waals surface area contributed by atoms with Crippen LogP contribution in [0, 0.1) is 23.5 Å². The summed E-state index contributed by atoms with van der Waals surface area (Å²) in [6.45, 7) is 8.40. The molecule has 1 unspecified atom stereocenters. The van der Waals surface area contributed by atoms with Gasteiger partial charge in [0.15, 0.2) is 0 Å². The SMILES string of the molecule is CC(C)CNCCC(C)Cc1ccc(F)cc1F. The number of halogens is 2. The smallest absolute Gasteiger partial charge is 0.129 e. The van der Waals surface area contributed by atoms with Crippen molar-refractivity contribution in [1.82, 2.24) is 5.32 Å². The van der Waals surface area contributed by atoms with Crippen LogP contribution < -0.4 is 5.32 Å². The van der Waals surface area contributed by atoms with Crippen LogP contribution in [0.2, 0.25) is 0 Å². The molecule has 0 aromatic heterocycles. The maximum absolute atomic E-state index is 13.4. The summed E-state index contributed by atoms with van der Waals surface area (Å²) in [6, 6.07) is 3.82. The van der Waals surface area contributed by atoms with Gasteiger partial charge in [0.1, 0.15) is 11.6 Å². The Hall–Kier alpha value is -0.960. The van der Waals surface area contributed by atoms with Crippen molar-refractivity contribution in [2.75, 3.05) is 13.1 Å². The predicted octanol–water partition coefficient (Wildman–Crippen LogP) is 3.78. The molecule has 1 nitrogen and oxygen atoms in total. The van der Waals surface area contributed by atoms with Gasteiger partial charge in [-0.2, -0.15) is 0 Å². The minimum Gasteiger partial charge on any atom is -0.316 e. The predicted molar refractivity (Wildman–Crippen MR) is 71.6 cm³/mol. The largest absolute Gasteiger partial charge is 0.316 e. The highest BCUT2D eigenvalue weighted by molar-refractivity contribution is 5.18. The molecular weight excluding hydrogens is 232 g/mol. The molecule has 0 aliphatic carbocycles. The molecule has 0 saturated carbocycles. The second kappa shape index (κ2) is 7.47. The molecule has 3 heteroatoms. The Morgan fingerprint density at radius 2 is 1.89 bits per heavy atom. The Bertz CT molecular complexity index is 364. The fraction of sp³-hybridized carbons (Fsp3) is 0.600. The third-order valence-electron chi connectivity index (χ3n) is 2.95.